The Labute approximate surface area is 137 Å². The van der Waals surface area contributed by atoms with Gasteiger partial charge in [0.25, 0.3) is 0 Å². The lowest BCUT2D eigenvalue weighted by molar-refractivity contribution is -0.139. The Morgan fingerprint density at radius 3 is 2.57 bits per heavy atom. The van der Waals surface area contributed by atoms with Crippen molar-refractivity contribution in [3.8, 4) is 11.5 Å². The largest absolute Gasteiger partial charge is 0.493 e. The number of hydrogen-bond donors (Lipinski definition) is 0. The second-order valence-corrected chi connectivity index (χ2v) is 5.03. The molecule has 126 valence electrons. The first-order chi connectivity index (χ1) is 11.1. The van der Waals surface area contributed by atoms with Gasteiger partial charge in [-0.2, -0.15) is 0 Å². The third-order valence-corrected chi connectivity index (χ3v) is 3.52. The standard InChI is InChI=1S/C18H24O5/c1-4-14(5-2)13-23-18(20)9-7-15-6-8-16(21-3)17(12-15)22-11-10-19/h6-10,12,14H,4-5,11,13H2,1-3H3/b9-7+. The van der Waals surface area contributed by atoms with Gasteiger partial charge in [0.15, 0.2) is 17.8 Å². The van der Waals surface area contributed by atoms with Gasteiger partial charge in [-0.1, -0.05) is 32.8 Å². The molecule has 5 heteroatoms. The maximum absolute atomic E-state index is 11.7. The van der Waals surface area contributed by atoms with Gasteiger partial charge >= 0.3 is 5.97 Å². The van der Waals surface area contributed by atoms with E-state index in [9.17, 15) is 9.59 Å². The van der Waals surface area contributed by atoms with Crippen molar-refractivity contribution in [3.05, 3.63) is 29.8 Å². The Bertz CT molecular complexity index is 532. The summed E-state index contributed by atoms with van der Waals surface area (Å²) in [7, 11) is 1.52. The summed E-state index contributed by atoms with van der Waals surface area (Å²) in [6.07, 6.45) is 5.67. The first kappa shape index (κ1) is 18.7. The number of rotatable bonds is 10. The molecule has 5 nitrogen and oxygen atoms in total. The molecule has 0 aliphatic heterocycles. The number of esters is 1. The van der Waals surface area contributed by atoms with Gasteiger partial charge in [-0.3, -0.25) is 4.79 Å². The second-order valence-electron chi connectivity index (χ2n) is 5.03. The Kier molecular flexibility index (Phi) is 8.50. The quantitative estimate of drug-likeness (QED) is 0.376. The maximum Gasteiger partial charge on any atom is 0.330 e. The van der Waals surface area contributed by atoms with Crippen molar-refractivity contribution in [2.45, 2.75) is 26.7 Å². The Hall–Kier alpha value is -2.30. The molecule has 0 saturated carbocycles. The van der Waals surface area contributed by atoms with Crippen LogP contribution in [0.1, 0.15) is 32.3 Å². The van der Waals surface area contributed by atoms with Crippen molar-refractivity contribution in [1.82, 2.24) is 0 Å². The number of hydrogen-bond acceptors (Lipinski definition) is 5. The maximum atomic E-state index is 11.7. The summed E-state index contributed by atoms with van der Waals surface area (Å²) < 4.78 is 15.7. The van der Waals surface area contributed by atoms with Crippen LogP contribution >= 0.6 is 0 Å². The summed E-state index contributed by atoms with van der Waals surface area (Å²) in [5.74, 6) is 1.01. The van der Waals surface area contributed by atoms with Gasteiger partial charge in [0, 0.05) is 6.08 Å². The average molecular weight is 320 g/mol. The first-order valence-corrected chi connectivity index (χ1v) is 7.73. The first-order valence-electron chi connectivity index (χ1n) is 7.73. The fraction of sp³-hybridized carbons (Fsp3) is 0.444. The summed E-state index contributed by atoms with van der Waals surface area (Å²) in [6, 6.07) is 5.21. The molecule has 0 fully saturated rings. The van der Waals surface area contributed by atoms with Crippen molar-refractivity contribution >= 4 is 18.3 Å². The number of methoxy groups -OCH3 is 1. The number of ether oxygens (including phenoxy) is 3. The van der Waals surface area contributed by atoms with E-state index >= 15 is 0 Å². The lowest BCUT2D eigenvalue weighted by Gasteiger charge is -2.11. The third-order valence-electron chi connectivity index (χ3n) is 3.52. The molecule has 0 unspecified atom stereocenters. The SMILES string of the molecule is CCC(CC)COC(=O)/C=C/c1ccc(OC)c(OCC=O)c1. The number of carbonyl (C=O) groups is 2. The predicted octanol–water partition coefficient (Wildman–Crippen LogP) is 3.27. The Morgan fingerprint density at radius 2 is 1.96 bits per heavy atom. The highest BCUT2D eigenvalue weighted by molar-refractivity contribution is 5.87. The molecule has 0 aromatic heterocycles. The van der Waals surface area contributed by atoms with Crippen LogP contribution in [0.5, 0.6) is 11.5 Å². The van der Waals surface area contributed by atoms with Crippen LogP contribution in [0.4, 0.5) is 0 Å². The van der Waals surface area contributed by atoms with Crippen molar-refractivity contribution in [2.75, 3.05) is 20.3 Å². The van der Waals surface area contributed by atoms with E-state index in [1.807, 2.05) is 0 Å². The van der Waals surface area contributed by atoms with Gasteiger partial charge in [-0.05, 0) is 29.7 Å². The van der Waals surface area contributed by atoms with Crippen LogP contribution in [0, 0.1) is 5.92 Å². The molecule has 23 heavy (non-hydrogen) atoms. The molecule has 0 saturated heterocycles. The van der Waals surface area contributed by atoms with Gasteiger partial charge in [-0.15, -0.1) is 0 Å². The van der Waals surface area contributed by atoms with Gasteiger partial charge in [-0.25, -0.2) is 4.79 Å². The number of benzene rings is 1. The summed E-state index contributed by atoms with van der Waals surface area (Å²) in [5, 5.41) is 0. The minimum atomic E-state index is -0.372. The highest BCUT2D eigenvalue weighted by Crippen LogP contribution is 2.28. The minimum absolute atomic E-state index is 0.0546. The van der Waals surface area contributed by atoms with Gasteiger partial charge in [0.05, 0.1) is 13.7 Å². The molecule has 1 rings (SSSR count). The lowest BCUT2D eigenvalue weighted by Crippen LogP contribution is -2.11. The molecule has 0 radical (unpaired) electrons. The summed E-state index contributed by atoms with van der Waals surface area (Å²) in [6.45, 7) is 4.54. The fourth-order valence-electron chi connectivity index (χ4n) is 1.97. The highest BCUT2D eigenvalue weighted by Gasteiger charge is 2.07. The van der Waals surface area contributed by atoms with E-state index in [2.05, 4.69) is 13.8 Å². The zero-order chi connectivity index (χ0) is 17.1. The van der Waals surface area contributed by atoms with E-state index in [4.69, 9.17) is 14.2 Å². The molecule has 0 aliphatic rings. The fourth-order valence-corrected chi connectivity index (χ4v) is 1.97. The summed E-state index contributed by atoms with van der Waals surface area (Å²) >= 11 is 0. The van der Waals surface area contributed by atoms with Crippen LogP contribution in [-0.4, -0.2) is 32.6 Å². The van der Waals surface area contributed by atoms with Gasteiger partial charge < -0.3 is 14.2 Å². The molecule has 0 aliphatic carbocycles. The molecule has 0 spiro atoms. The zero-order valence-electron chi connectivity index (χ0n) is 13.9. The summed E-state index contributed by atoms with van der Waals surface area (Å²) in [5.41, 5.74) is 0.756. The number of carbonyl (C=O) groups excluding carboxylic acids is 2. The van der Waals surface area contributed by atoms with Crippen LogP contribution in [0.3, 0.4) is 0 Å². The highest BCUT2D eigenvalue weighted by atomic mass is 16.5. The molecule has 0 bridgehead atoms. The van der Waals surface area contributed by atoms with Crippen molar-refractivity contribution in [1.29, 1.82) is 0 Å². The smallest absolute Gasteiger partial charge is 0.330 e. The van der Waals surface area contributed by atoms with Crippen molar-refractivity contribution < 1.29 is 23.8 Å². The van der Waals surface area contributed by atoms with E-state index in [1.54, 1.807) is 24.3 Å². The molecule has 1 aromatic rings. The Balaban J connectivity index is 2.68. The van der Waals surface area contributed by atoms with E-state index in [0.29, 0.717) is 30.3 Å². The van der Waals surface area contributed by atoms with Crippen LogP contribution in [0.15, 0.2) is 24.3 Å². The van der Waals surface area contributed by atoms with Crippen molar-refractivity contribution in [2.24, 2.45) is 5.92 Å². The summed E-state index contributed by atoms with van der Waals surface area (Å²) in [4.78, 5) is 22.1. The normalized spacial score (nSPS) is 10.8. The molecule has 0 atom stereocenters. The Morgan fingerprint density at radius 1 is 1.22 bits per heavy atom. The lowest BCUT2D eigenvalue weighted by atomic mass is 10.1. The third kappa shape index (κ3) is 6.55. The molecular formula is C18H24O5. The van der Waals surface area contributed by atoms with Gasteiger partial charge in [0.2, 0.25) is 0 Å². The average Bonchev–Trinajstić information content (AvgIpc) is 2.59. The van der Waals surface area contributed by atoms with Gasteiger partial charge in [0.1, 0.15) is 6.61 Å². The van der Waals surface area contributed by atoms with E-state index in [1.165, 1.54) is 13.2 Å². The topological polar surface area (TPSA) is 61.8 Å². The number of aldehydes is 1. The molecular weight excluding hydrogens is 296 g/mol. The van der Waals surface area contributed by atoms with Crippen LogP contribution in [0.25, 0.3) is 6.08 Å². The molecule has 0 N–H and O–H groups in total. The predicted molar refractivity (Wildman–Crippen MR) is 88.6 cm³/mol. The van der Waals surface area contributed by atoms with Crippen LogP contribution < -0.4 is 9.47 Å². The molecule has 0 amide bonds. The zero-order valence-corrected chi connectivity index (χ0v) is 13.9. The van der Waals surface area contributed by atoms with E-state index in [0.717, 1.165) is 18.4 Å². The molecule has 0 heterocycles. The van der Waals surface area contributed by atoms with Crippen LogP contribution in [-0.2, 0) is 14.3 Å². The van der Waals surface area contributed by atoms with E-state index in [-0.39, 0.29) is 12.6 Å². The van der Waals surface area contributed by atoms with E-state index < -0.39 is 0 Å². The van der Waals surface area contributed by atoms with Crippen molar-refractivity contribution in [3.63, 3.8) is 0 Å². The minimum Gasteiger partial charge on any atom is -0.493 e. The monoisotopic (exact) mass is 320 g/mol. The molecule has 1 aromatic carbocycles. The van der Waals surface area contributed by atoms with Crippen LogP contribution in [0.2, 0.25) is 0 Å². The second kappa shape index (κ2) is 10.4.